The lowest BCUT2D eigenvalue weighted by atomic mass is 9.84. The first kappa shape index (κ1) is 15.7. The van der Waals surface area contributed by atoms with Crippen LogP contribution in [0.4, 0.5) is 0 Å². The average molecular weight is 293 g/mol. The minimum absolute atomic E-state index is 0.308. The van der Waals surface area contributed by atoms with Crippen LogP contribution in [0.25, 0.3) is 0 Å². The molecule has 112 valence electrons. The van der Waals surface area contributed by atoms with E-state index in [2.05, 4.69) is 18.9 Å². The highest BCUT2D eigenvalue weighted by molar-refractivity contribution is 7.12. The summed E-state index contributed by atoms with van der Waals surface area (Å²) >= 11 is 1.56. The van der Waals surface area contributed by atoms with Gasteiger partial charge >= 0.3 is 0 Å². The second-order valence-electron chi connectivity index (χ2n) is 6.07. The molecule has 0 spiro atoms. The summed E-state index contributed by atoms with van der Waals surface area (Å²) in [6, 6.07) is 4.63. The molecule has 0 amide bonds. The molecule has 0 atom stereocenters. The lowest BCUT2D eigenvalue weighted by Crippen LogP contribution is -2.35. The molecule has 0 radical (unpaired) electrons. The molecule has 2 nitrogen and oxygen atoms in total. The van der Waals surface area contributed by atoms with Gasteiger partial charge in [-0.25, -0.2) is 0 Å². The molecular formula is C17H27NOS. The van der Waals surface area contributed by atoms with Crippen molar-refractivity contribution >= 4 is 17.1 Å². The van der Waals surface area contributed by atoms with Gasteiger partial charge in [-0.1, -0.05) is 19.4 Å². The van der Waals surface area contributed by atoms with Crippen molar-refractivity contribution < 1.29 is 4.79 Å². The maximum Gasteiger partial charge on any atom is 0.172 e. The van der Waals surface area contributed by atoms with E-state index in [0.717, 1.165) is 29.8 Å². The monoisotopic (exact) mass is 293 g/mol. The van der Waals surface area contributed by atoms with Gasteiger partial charge in [0, 0.05) is 12.5 Å². The number of nitrogens with zero attached hydrogens (tertiary/aromatic N) is 1. The van der Waals surface area contributed by atoms with Crippen molar-refractivity contribution in [3.05, 3.63) is 22.4 Å². The summed E-state index contributed by atoms with van der Waals surface area (Å²) in [7, 11) is 2.23. The minimum Gasteiger partial charge on any atom is -0.303 e. The third-order valence-corrected chi connectivity index (χ3v) is 5.64. The zero-order chi connectivity index (χ0) is 14.4. The number of hydrogen-bond donors (Lipinski definition) is 0. The van der Waals surface area contributed by atoms with Gasteiger partial charge in [-0.2, -0.15) is 0 Å². The maximum atomic E-state index is 11.9. The highest BCUT2D eigenvalue weighted by atomic mass is 32.1. The Kier molecular flexibility index (Phi) is 6.24. The van der Waals surface area contributed by atoms with Crippen LogP contribution in [-0.2, 0) is 0 Å². The van der Waals surface area contributed by atoms with Gasteiger partial charge in [-0.3, -0.25) is 4.79 Å². The summed E-state index contributed by atoms with van der Waals surface area (Å²) in [6.45, 7) is 3.36. The Morgan fingerprint density at radius 3 is 2.70 bits per heavy atom. The smallest absolute Gasteiger partial charge is 0.172 e. The van der Waals surface area contributed by atoms with E-state index in [0.29, 0.717) is 12.2 Å². The molecule has 0 N–H and O–H groups in total. The van der Waals surface area contributed by atoms with Crippen LogP contribution in [0.5, 0.6) is 0 Å². The molecule has 1 heterocycles. The van der Waals surface area contributed by atoms with E-state index in [4.69, 9.17) is 0 Å². The van der Waals surface area contributed by atoms with E-state index in [9.17, 15) is 4.79 Å². The van der Waals surface area contributed by atoms with Crippen molar-refractivity contribution in [1.82, 2.24) is 4.90 Å². The number of carbonyl (C=O) groups excluding carboxylic acids is 1. The number of thiophene rings is 1. The normalized spacial score (nSPS) is 23.1. The van der Waals surface area contributed by atoms with Crippen LogP contribution in [0.3, 0.4) is 0 Å². The highest BCUT2D eigenvalue weighted by Gasteiger charge is 2.22. The summed E-state index contributed by atoms with van der Waals surface area (Å²) in [6.07, 6.45) is 8.48. The number of rotatable bonds is 7. The van der Waals surface area contributed by atoms with Crippen molar-refractivity contribution in [3.8, 4) is 0 Å². The van der Waals surface area contributed by atoms with Gasteiger partial charge in [-0.05, 0) is 63.1 Å². The Balaban J connectivity index is 1.65. The third kappa shape index (κ3) is 4.42. The molecular weight excluding hydrogens is 266 g/mol. The first-order valence-corrected chi connectivity index (χ1v) is 8.85. The van der Waals surface area contributed by atoms with Gasteiger partial charge in [0.15, 0.2) is 5.78 Å². The molecule has 0 unspecified atom stereocenters. The second-order valence-corrected chi connectivity index (χ2v) is 7.02. The van der Waals surface area contributed by atoms with Crippen molar-refractivity contribution in [3.63, 3.8) is 0 Å². The van der Waals surface area contributed by atoms with Gasteiger partial charge in [0.05, 0.1) is 4.88 Å². The Bertz CT molecular complexity index is 393. The molecule has 0 aromatic carbocycles. The van der Waals surface area contributed by atoms with E-state index in [1.165, 1.54) is 32.1 Å². The van der Waals surface area contributed by atoms with Gasteiger partial charge in [0.2, 0.25) is 0 Å². The molecule has 1 aromatic heterocycles. The van der Waals surface area contributed by atoms with Crippen LogP contribution in [0.2, 0.25) is 0 Å². The quantitative estimate of drug-likeness (QED) is 0.684. The number of carbonyl (C=O) groups is 1. The minimum atomic E-state index is 0.308. The molecule has 1 aromatic rings. The molecule has 1 aliphatic carbocycles. The van der Waals surface area contributed by atoms with E-state index in [1.807, 2.05) is 17.5 Å². The van der Waals surface area contributed by atoms with Gasteiger partial charge in [0.1, 0.15) is 0 Å². The molecule has 20 heavy (non-hydrogen) atoms. The van der Waals surface area contributed by atoms with Crippen molar-refractivity contribution in [1.29, 1.82) is 0 Å². The Hall–Kier alpha value is -0.670. The van der Waals surface area contributed by atoms with E-state index in [-0.39, 0.29) is 0 Å². The fraction of sp³-hybridized carbons (Fsp3) is 0.706. The van der Waals surface area contributed by atoms with Crippen molar-refractivity contribution in [2.75, 3.05) is 13.6 Å². The number of ketones is 1. The number of hydrogen-bond acceptors (Lipinski definition) is 3. The molecule has 0 aliphatic heterocycles. The van der Waals surface area contributed by atoms with Crippen molar-refractivity contribution in [2.45, 2.75) is 57.9 Å². The lowest BCUT2D eigenvalue weighted by Gasteiger charge is -2.34. The van der Waals surface area contributed by atoms with Gasteiger partial charge in [-0.15, -0.1) is 11.3 Å². The summed E-state index contributed by atoms with van der Waals surface area (Å²) < 4.78 is 0. The molecule has 2 rings (SSSR count). The molecule has 0 saturated heterocycles. The summed E-state index contributed by atoms with van der Waals surface area (Å²) in [5, 5.41) is 1.98. The highest BCUT2D eigenvalue weighted by Crippen LogP contribution is 2.29. The zero-order valence-corrected chi connectivity index (χ0v) is 13.6. The third-order valence-electron chi connectivity index (χ3n) is 4.73. The predicted molar refractivity (Wildman–Crippen MR) is 86.6 cm³/mol. The van der Waals surface area contributed by atoms with E-state index < -0.39 is 0 Å². The van der Waals surface area contributed by atoms with Crippen LogP contribution in [0.15, 0.2) is 17.5 Å². The topological polar surface area (TPSA) is 20.3 Å². The fourth-order valence-corrected chi connectivity index (χ4v) is 3.92. The van der Waals surface area contributed by atoms with E-state index in [1.54, 1.807) is 11.3 Å². The van der Waals surface area contributed by atoms with Crippen LogP contribution in [0.1, 0.15) is 61.5 Å². The average Bonchev–Trinajstić information content (AvgIpc) is 3.01. The second kappa shape index (κ2) is 7.94. The Labute approximate surface area is 127 Å². The van der Waals surface area contributed by atoms with Crippen LogP contribution in [0, 0.1) is 5.92 Å². The first-order chi connectivity index (χ1) is 9.70. The van der Waals surface area contributed by atoms with Gasteiger partial charge in [0.25, 0.3) is 0 Å². The van der Waals surface area contributed by atoms with Crippen LogP contribution >= 0.6 is 11.3 Å². The standard InChI is InChI=1S/C17H27NOS/c1-3-14-8-10-15(11-9-14)18(2)12-4-6-16(19)17-7-5-13-20-17/h5,7,13-15H,3-4,6,8-12H2,1-2H3. The lowest BCUT2D eigenvalue weighted by molar-refractivity contribution is 0.0972. The Morgan fingerprint density at radius 2 is 2.10 bits per heavy atom. The first-order valence-electron chi connectivity index (χ1n) is 7.97. The largest absolute Gasteiger partial charge is 0.303 e. The summed E-state index contributed by atoms with van der Waals surface area (Å²) in [5.41, 5.74) is 0. The summed E-state index contributed by atoms with van der Waals surface area (Å²) in [5.74, 6) is 1.27. The SMILES string of the molecule is CCC1CCC(N(C)CCCC(=O)c2cccs2)CC1. The molecule has 3 heteroatoms. The van der Waals surface area contributed by atoms with E-state index >= 15 is 0 Å². The predicted octanol–water partition coefficient (Wildman–Crippen LogP) is 4.61. The van der Waals surface area contributed by atoms with Crippen LogP contribution in [-0.4, -0.2) is 30.3 Å². The zero-order valence-electron chi connectivity index (χ0n) is 12.8. The Morgan fingerprint density at radius 1 is 1.35 bits per heavy atom. The number of Topliss-reactive ketones (excluding diaryl/α,β-unsaturated/α-hetero) is 1. The summed E-state index contributed by atoms with van der Waals surface area (Å²) in [4.78, 5) is 15.3. The molecule has 0 bridgehead atoms. The molecule has 1 fully saturated rings. The molecule has 1 aliphatic rings. The fourth-order valence-electron chi connectivity index (χ4n) is 3.23. The van der Waals surface area contributed by atoms with Crippen molar-refractivity contribution in [2.24, 2.45) is 5.92 Å². The maximum absolute atomic E-state index is 11.9. The van der Waals surface area contributed by atoms with Gasteiger partial charge < -0.3 is 4.90 Å². The molecule has 1 saturated carbocycles. The van der Waals surface area contributed by atoms with Crippen LogP contribution < -0.4 is 0 Å².